The molecule has 0 aliphatic heterocycles. The Morgan fingerprint density at radius 3 is 2.26 bits per heavy atom. The van der Waals surface area contributed by atoms with Gasteiger partial charge in [-0.1, -0.05) is 59.1 Å². The van der Waals surface area contributed by atoms with Crippen LogP contribution in [0.1, 0.15) is 18.1 Å². The smallest absolute Gasteiger partial charge is 0.244 e. The third-order valence-electron chi connectivity index (χ3n) is 4.77. The van der Waals surface area contributed by atoms with Crippen molar-refractivity contribution < 1.29 is 18.0 Å². The molecule has 0 radical (unpaired) electrons. The molecule has 2 aromatic carbocycles. The zero-order valence-electron chi connectivity index (χ0n) is 17.7. The number of benzene rings is 2. The third-order valence-corrected chi connectivity index (χ3v) is 6.70. The van der Waals surface area contributed by atoms with Gasteiger partial charge in [-0.15, -0.1) is 0 Å². The number of amides is 2. The minimum atomic E-state index is -3.87. The Hall–Kier alpha value is -2.29. The number of aryl methyl sites for hydroxylation is 1. The summed E-state index contributed by atoms with van der Waals surface area (Å²) in [6.45, 7) is 3.13. The van der Waals surface area contributed by atoms with Gasteiger partial charge in [0.05, 0.1) is 22.0 Å². The molecule has 7 nitrogen and oxygen atoms in total. The van der Waals surface area contributed by atoms with Gasteiger partial charge in [-0.3, -0.25) is 13.9 Å². The SMILES string of the molecule is CNC(=O)[C@@H](C)N(Cc1ccc(C)cc1)C(=O)CN(c1cccc(Cl)c1Cl)S(C)(=O)=O. The van der Waals surface area contributed by atoms with Crippen molar-refractivity contribution in [3.05, 3.63) is 63.6 Å². The summed E-state index contributed by atoms with van der Waals surface area (Å²) in [5.41, 5.74) is 1.95. The van der Waals surface area contributed by atoms with Crippen LogP contribution >= 0.6 is 23.2 Å². The Labute approximate surface area is 193 Å². The Morgan fingerprint density at radius 1 is 1.10 bits per heavy atom. The van der Waals surface area contributed by atoms with Gasteiger partial charge in [0.1, 0.15) is 12.6 Å². The predicted octanol–water partition coefficient (Wildman–Crippen LogP) is 3.23. The van der Waals surface area contributed by atoms with Crippen LogP contribution in [0.15, 0.2) is 42.5 Å². The van der Waals surface area contributed by atoms with Crippen molar-refractivity contribution in [2.45, 2.75) is 26.4 Å². The van der Waals surface area contributed by atoms with Crippen molar-refractivity contribution in [3.8, 4) is 0 Å². The molecular formula is C21H25Cl2N3O4S. The van der Waals surface area contributed by atoms with Gasteiger partial charge in [0.2, 0.25) is 21.8 Å². The Morgan fingerprint density at radius 2 is 1.71 bits per heavy atom. The quantitative estimate of drug-likeness (QED) is 0.621. The lowest BCUT2D eigenvalue weighted by atomic mass is 10.1. The lowest BCUT2D eigenvalue weighted by molar-refractivity contribution is -0.139. The number of rotatable bonds is 8. The molecule has 0 saturated carbocycles. The van der Waals surface area contributed by atoms with Crippen LogP contribution in [0.2, 0.25) is 10.0 Å². The first-order valence-corrected chi connectivity index (χ1v) is 12.0. The molecule has 31 heavy (non-hydrogen) atoms. The summed E-state index contributed by atoms with van der Waals surface area (Å²) in [7, 11) is -2.40. The normalized spacial score (nSPS) is 12.2. The van der Waals surface area contributed by atoms with E-state index in [0.717, 1.165) is 21.7 Å². The fourth-order valence-electron chi connectivity index (χ4n) is 2.96. The fraction of sp³-hybridized carbons (Fsp3) is 0.333. The van der Waals surface area contributed by atoms with E-state index in [2.05, 4.69) is 5.32 Å². The van der Waals surface area contributed by atoms with E-state index < -0.39 is 28.5 Å². The van der Waals surface area contributed by atoms with Crippen LogP contribution in [-0.2, 0) is 26.2 Å². The molecule has 2 aromatic rings. The molecule has 10 heteroatoms. The van der Waals surface area contributed by atoms with E-state index in [0.29, 0.717) is 0 Å². The van der Waals surface area contributed by atoms with Crippen molar-refractivity contribution in [3.63, 3.8) is 0 Å². The highest BCUT2D eigenvalue weighted by atomic mass is 35.5. The van der Waals surface area contributed by atoms with E-state index in [-0.39, 0.29) is 28.2 Å². The van der Waals surface area contributed by atoms with E-state index in [9.17, 15) is 18.0 Å². The minimum absolute atomic E-state index is 0.0202. The first kappa shape index (κ1) is 25.0. The van der Waals surface area contributed by atoms with E-state index in [1.54, 1.807) is 13.0 Å². The van der Waals surface area contributed by atoms with Crippen LogP contribution in [0.4, 0.5) is 5.69 Å². The second-order valence-corrected chi connectivity index (χ2v) is 9.83. The maximum absolute atomic E-state index is 13.3. The molecular weight excluding hydrogens is 461 g/mol. The zero-order valence-corrected chi connectivity index (χ0v) is 20.1. The van der Waals surface area contributed by atoms with Gasteiger partial charge in [-0.05, 0) is 31.5 Å². The summed E-state index contributed by atoms with van der Waals surface area (Å²) in [4.78, 5) is 26.9. The molecule has 2 rings (SSSR count). The maximum Gasteiger partial charge on any atom is 0.244 e. The van der Waals surface area contributed by atoms with Gasteiger partial charge in [-0.25, -0.2) is 8.42 Å². The third kappa shape index (κ3) is 6.35. The van der Waals surface area contributed by atoms with Crippen LogP contribution in [-0.4, -0.2) is 51.0 Å². The summed E-state index contributed by atoms with van der Waals surface area (Å²) in [5, 5.41) is 2.71. The van der Waals surface area contributed by atoms with Gasteiger partial charge in [0.25, 0.3) is 0 Å². The van der Waals surface area contributed by atoms with Crippen molar-refractivity contribution in [1.29, 1.82) is 0 Å². The number of nitrogens with one attached hydrogen (secondary N) is 1. The molecule has 1 atom stereocenters. The average molecular weight is 486 g/mol. The minimum Gasteiger partial charge on any atom is -0.357 e. The van der Waals surface area contributed by atoms with Gasteiger partial charge in [0, 0.05) is 13.6 Å². The Balaban J connectivity index is 2.42. The van der Waals surface area contributed by atoms with Crippen LogP contribution in [0.5, 0.6) is 0 Å². The summed E-state index contributed by atoms with van der Waals surface area (Å²) in [5.74, 6) is -0.926. The summed E-state index contributed by atoms with van der Waals surface area (Å²) < 4.78 is 25.9. The second-order valence-electron chi connectivity index (χ2n) is 7.14. The second kappa shape index (κ2) is 10.3. The summed E-state index contributed by atoms with van der Waals surface area (Å²) >= 11 is 12.2. The van der Waals surface area contributed by atoms with Gasteiger partial charge in [-0.2, -0.15) is 0 Å². The van der Waals surface area contributed by atoms with Crippen molar-refractivity contribution >= 4 is 50.7 Å². The van der Waals surface area contributed by atoms with E-state index in [1.165, 1.54) is 24.1 Å². The fourth-order valence-corrected chi connectivity index (χ4v) is 4.26. The predicted molar refractivity (Wildman–Crippen MR) is 124 cm³/mol. The summed E-state index contributed by atoms with van der Waals surface area (Å²) in [6.07, 6.45) is 0.976. The van der Waals surface area contributed by atoms with Crippen LogP contribution in [0.25, 0.3) is 0 Å². The van der Waals surface area contributed by atoms with Crippen LogP contribution < -0.4 is 9.62 Å². The number of hydrogen-bond donors (Lipinski definition) is 1. The van der Waals surface area contributed by atoms with E-state index in [1.807, 2.05) is 31.2 Å². The van der Waals surface area contributed by atoms with Crippen LogP contribution in [0, 0.1) is 6.92 Å². The summed E-state index contributed by atoms with van der Waals surface area (Å²) in [6, 6.07) is 11.2. The lowest BCUT2D eigenvalue weighted by Crippen LogP contribution is -2.50. The van der Waals surface area contributed by atoms with Crippen molar-refractivity contribution in [2.75, 3.05) is 24.2 Å². The molecule has 0 fully saturated rings. The molecule has 0 aliphatic rings. The first-order valence-electron chi connectivity index (χ1n) is 9.44. The Bertz CT molecular complexity index is 1060. The standard InChI is InChI=1S/C21H25Cl2N3O4S/c1-14-8-10-16(11-9-14)12-25(15(2)21(28)24-3)19(27)13-26(31(4,29)30)18-7-5-6-17(22)20(18)23/h5-11,15H,12-13H2,1-4H3,(H,24,28)/t15-/m1/s1. The highest BCUT2D eigenvalue weighted by Crippen LogP contribution is 2.33. The van der Waals surface area contributed by atoms with Crippen LogP contribution in [0.3, 0.4) is 0 Å². The van der Waals surface area contributed by atoms with E-state index >= 15 is 0 Å². The molecule has 0 heterocycles. The number of nitrogens with zero attached hydrogens (tertiary/aromatic N) is 2. The maximum atomic E-state index is 13.3. The number of hydrogen-bond acceptors (Lipinski definition) is 4. The van der Waals surface area contributed by atoms with Gasteiger partial charge < -0.3 is 10.2 Å². The molecule has 0 saturated heterocycles. The van der Waals surface area contributed by atoms with Crippen molar-refractivity contribution in [1.82, 2.24) is 10.2 Å². The number of likely N-dealkylation sites (N-methyl/N-ethyl adjacent to an activating group) is 1. The molecule has 2 amide bonds. The Kier molecular flexibility index (Phi) is 8.34. The number of anilines is 1. The zero-order chi connectivity index (χ0) is 23.3. The number of sulfonamides is 1. The number of carbonyl (C=O) groups excluding carboxylic acids is 2. The van der Waals surface area contributed by atoms with Gasteiger partial charge >= 0.3 is 0 Å². The van der Waals surface area contributed by atoms with E-state index in [4.69, 9.17) is 23.2 Å². The van der Waals surface area contributed by atoms with Crippen molar-refractivity contribution in [2.24, 2.45) is 0 Å². The molecule has 0 bridgehead atoms. The molecule has 0 spiro atoms. The number of carbonyl (C=O) groups is 2. The molecule has 168 valence electrons. The molecule has 0 aromatic heterocycles. The topological polar surface area (TPSA) is 86.8 Å². The largest absolute Gasteiger partial charge is 0.357 e. The molecule has 0 unspecified atom stereocenters. The number of halogens is 2. The van der Waals surface area contributed by atoms with Gasteiger partial charge in [0.15, 0.2) is 0 Å². The first-order chi connectivity index (χ1) is 14.5. The highest BCUT2D eigenvalue weighted by molar-refractivity contribution is 7.92. The monoisotopic (exact) mass is 485 g/mol. The molecule has 0 aliphatic carbocycles. The average Bonchev–Trinajstić information content (AvgIpc) is 2.71. The lowest BCUT2D eigenvalue weighted by Gasteiger charge is -2.31. The highest BCUT2D eigenvalue weighted by Gasteiger charge is 2.30. The molecule has 1 N–H and O–H groups in total.